The van der Waals surface area contributed by atoms with Gasteiger partial charge in [-0.2, -0.15) is 0 Å². The molecule has 2 aromatic carbocycles. The molecular formula is C21H18Cl4N4OS. The Balaban J connectivity index is 0.00000272. The average molecular weight is 516 g/mol. The van der Waals surface area contributed by atoms with Crippen LogP contribution in [0.5, 0.6) is 0 Å². The van der Waals surface area contributed by atoms with Crippen LogP contribution in [-0.4, -0.2) is 27.0 Å². The van der Waals surface area contributed by atoms with Gasteiger partial charge in [0.1, 0.15) is 0 Å². The molecule has 0 aliphatic carbocycles. The van der Waals surface area contributed by atoms with Gasteiger partial charge in [0, 0.05) is 30.5 Å². The molecular weight excluding hydrogens is 498 g/mol. The quantitative estimate of drug-likeness (QED) is 0.280. The number of rotatable bonds is 6. The molecule has 2 heterocycles. The molecule has 0 atom stereocenters. The Kier molecular flexibility index (Phi) is 7.83. The number of anilines is 1. The van der Waals surface area contributed by atoms with E-state index in [1.807, 2.05) is 29.8 Å². The first-order valence-electron chi connectivity index (χ1n) is 9.22. The average Bonchev–Trinajstić information content (AvgIpc) is 3.38. The Hall–Kier alpha value is -1.83. The molecule has 0 aliphatic heterocycles. The van der Waals surface area contributed by atoms with Crippen LogP contribution in [-0.2, 0) is 6.54 Å². The molecule has 1 amide bonds. The Morgan fingerprint density at radius 1 is 1.16 bits per heavy atom. The van der Waals surface area contributed by atoms with Crippen molar-refractivity contribution in [2.24, 2.45) is 0 Å². The number of carbonyl (C=O) groups excluding carboxylic acids is 1. The predicted octanol–water partition coefficient (Wildman–Crippen LogP) is 6.92. The molecule has 0 saturated carbocycles. The summed E-state index contributed by atoms with van der Waals surface area (Å²) < 4.78 is 2.83. The standard InChI is InChI=1S/C21H17Cl3N4OS.ClH/c1-13-3-6-16(23)19-18(13)26-21(30-19)28(9-2-8-27-10-7-25-12-27)20(29)15-5-4-14(22)11-17(15)24;/h3-7,10-12H,2,8-9H2,1H3;1H. The maximum absolute atomic E-state index is 13.4. The van der Waals surface area contributed by atoms with Gasteiger partial charge in [0.15, 0.2) is 5.13 Å². The molecule has 4 aromatic rings. The van der Waals surface area contributed by atoms with Crippen LogP contribution < -0.4 is 4.90 Å². The van der Waals surface area contributed by atoms with Crippen molar-refractivity contribution in [2.75, 3.05) is 11.4 Å². The molecule has 4 rings (SSSR count). The Morgan fingerprint density at radius 3 is 2.65 bits per heavy atom. The van der Waals surface area contributed by atoms with Crippen molar-refractivity contribution in [1.82, 2.24) is 14.5 Å². The summed E-state index contributed by atoms with van der Waals surface area (Å²) in [6.45, 7) is 3.17. The van der Waals surface area contributed by atoms with Crippen LogP contribution in [0.4, 0.5) is 5.13 Å². The lowest BCUT2D eigenvalue weighted by molar-refractivity contribution is 0.0986. The van der Waals surface area contributed by atoms with Crippen molar-refractivity contribution < 1.29 is 4.79 Å². The zero-order valence-electron chi connectivity index (χ0n) is 16.4. The number of aryl methyl sites for hydroxylation is 2. The number of imidazole rings is 1. The normalized spacial score (nSPS) is 10.8. The third-order valence-electron chi connectivity index (χ3n) is 4.68. The van der Waals surface area contributed by atoms with Gasteiger partial charge in [-0.15, -0.1) is 12.4 Å². The van der Waals surface area contributed by atoms with Gasteiger partial charge in [0.2, 0.25) is 0 Å². The summed E-state index contributed by atoms with van der Waals surface area (Å²) in [5.41, 5.74) is 2.19. The van der Waals surface area contributed by atoms with Gasteiger partial charge in [-0.3, -0.25) is 9.69 Å². The lowest BCUT2D eigenvalue weighted by Crippen LogP contribution is -2.32. The van der Waals surface area contributed by atoms with Crippen LogP contribution in [0.2, 0.25) is 15.1 Å². The molecule has 0 fully saturated rings. The first kappa shape index (κ1) is 23.8. The van der Waals surface area contributed by atoms with E-state index in [2.05, 4.69) is 4.98 Å². The van der Waals surface area contributed by atoms with Crippen molar-refractivity contribution in [3.63, 3.8) is 0 Å². The largest absolute Gasteiger partial charge is 0.337 e. The summed E-state index contributed by atoms with van der Waals surface area (Å²) >= 11 is 20.1. The van der Waals surface area contributed by atoms with Crippen LogP contribution in [0.3, 0.4) is 0 Å². The van der Waals surface area contributed by atoms with Gasteiger partial charge >= 0.3 is 0 Å². The van der Waals surface area contributed by atoms with Crippen LogP contribution >= 0.6 is 58.5 Å². The molecule has 0 saturated heterocycles. The highest BCUT2D eigenvalue weighted by Gasteiger charge is 2.24. The second-order valence-electron chi connectivity index (χ2n) is 6.77. The van der Waals surface area contributed by atoms with Crippen molar-refractivity contribution in [3.8, 4) is 0 Å². The summed E-state index contributed by atoms with van der Waals surface area (Å²) in [4.78, 5) is 23.9. The third kappa shape index (κ3) is 5.16. The van der Waals surface area contributed by atoms with Crippen LogP contribution in [0.15, 0.2) is 49.1 Å². The smallest absolute Gasteiger partial charge is 0.261 e. The van der Waals surface area contributed by atoms with Gasteiger partial charge in [0.05, 0.1) is 32.2 Å². The van der Waals surface area contributed by atoms with E-state index in [4.69, 9.17) is 39.8 Å². The number of aromatic nitrogens is 3. The predicted molar refractivity (Wildman–Crippen MR) is 132 cm³/mol. The molecule has 162 valence electrons. The van der Waals surface area contributed by atoms with Crippen molar-refractivity contribution in [2.45, 2.75) is 19.9 Å². The highest BCUT2D eigenvalue weighted by atomic mass is 35.5. The summed E-state index contributed by atoms with van der Waals surface area (Å²) in [6, 6.07) is 8.64. The first-order chi connectivity index (χ1) is 14.4. The van der Waals surface area contributed by atoms with Gasteiger partial charge in [-0.25, -0.2) is 9.97 Å². The van der Waals surface area contributed by atoms with E-state index >= 15 is 0 Å². The number of fused-ring (bicyclic) bond motifs is 1. The second-order valence-corrected chi connectivity index (χ2v) is 9.00. The molecule has 0 spiro atoms. The molecule has 31 heavy (non-hydrogen) atoms. The van der Waals surface area contributed by atoms with Crippen molar-refractivity contribution in [3.05, 3.63) is 75.2 Å². The number of halogens is 4. The lowest BCUT2D eigenvalue weighted by Gasteiger charge is -2.20. The highest BCUT2D eigenvalue weighted by molar-refractivity contribution is 7.23. The number of benzene rings is 2. The molecule has 2 aromatic heterocycles. The highest BCUT2D eigenvalue weighted by Crippen LogP contribution is 2.36. The number of thiazole rings is 1. The topological polar surface area (TPSA) is 51.0 Å². The fraction of sp³-hybridized carbons (Fsp3) is 0.190. The Morgan fingerprint density at radius 2 is 1.97 bits per heavy atom. The first-order valence-corrected chi connectivity index (χ1v) is 11.2. The molecule has 10 heteroatoms. The molecule has 0 radical (unpaired) electrons. The summed E-state index contributed by atoms with van der Waals surface area (Å²) in [5.74, 6) is -0.227. The SMILES string of the molecule is Cc1ccc(Cl)c2sc(N(CCCn3ccnc3)C(=O)c3ccc(Cl)cc3Cl)nc12.Cl. The Labute approximate surface area is 205 Å². The zero-order valence-corrected chi connectivity index (χ0v) is 20.3. The zero-order chi connectivity index (χ0) is 21.3. The third-order valence-corrected chi connectivity index (χ3v) is 6.77. The molecule has 0 bridgehead atoms. The van der Waals surface area contributed by atoms with Crippen LogP contribution in [0, 0.1) is 6.92 Å². The number of nitrogens with zero attached hydrogens (tertiary/aromatic N) is 4. The van der Waals surface area contributed by atoms with Gasteiger partial charge in [-0.1, -0.05) is 52.2 Å². The van der Waals surface area contributed by atoms with Gasteiger partial charge in [0.25, 0.3) is 5.91 Å². The summed E-state index contributed by atoms with van der Waals surface area (Å²) in [7, 11) is 0. The fourth-order valence-electron chi connectivity index (χ4n) is 3.13. The van der Waals surface area contributed by atoms with E-state index in [1.54, 1.807) is 35.6 Å². The molecule has 0 unspecified atom stereocenters. The van der Waals surface area contributed by atoms with E-state index in [-0.39, 0.29) is 18.3 Å². The summed E-state index contributed by atoms with van der Waals surface area (Å²) in [5, 5.41) is 1.99. The number of amides is 1. The van der Waals surface area contributed by atoms with E-state index in [9.17, 15) is 4.79 Å². The molecule has 0 aliphatic rings. The van der Waals surface area contributed by atoms with Gasteiger partial charge < -0.3 is 4.57 Å². The van der Waals surface area contributed by atoms with Crippen LogP contribution in [0.25, 0.3) is 10.2 Å². The van der Waals surface area contributed by atoms with Gasteiger partial charge in [-0.05, 0) is 43.2 Å². The Bertz CT molecular complexity index is 1170. The number of hydrogen-bond donors (Lipinski definition) is 0. The fourth-order valence-corrected chi connectivity index (χ4v) is 4.96. The van der Waals surface area contributed by atoms with E-state index in [0.29, 0.717) is 32.3 Å². The minimum atomic E-state index is -0.227. The van der Waals surface area contributed by atoms with Crippen molar-refractivity contribution >= 4 is 79.8 Å². The van der Waals surface area contributed by atoms with Crippen LogP contribution in [0.1, 0.15) is 22.3 Å². The van der Waals surface area contributed by atoms with E-state index in [1.165, 1.54) is 11.3 Å². The molecule has 5 nitrogen and oxygen atoms in total. The number of carbonyl (C=O) groups is 1. The minimum Gasteiger partial charge on any atom is -0.337 e. The second kappa shape index (κ2) is 10.2. The minimum absolute atomic E-state index is 0. The van der Waals surface area contributed by atoms with Crippen molar-refractivity contribution in [1.29, 1.82) is 0 Å². The maximum Gasteiger partial charge on any atom is 0.261 e. The van der Waals surface area contributed by atoms with E-state index < -0.39 is 0 Å². The van der Waals surface area contributed by atoms with E-state index in [0.717, 1.165) is 28.7 Å². The lowest BCUT2D eigenvalue weighted by atomic mass is 10.2. The molecule has 0 N–H and O–H groups in total. The maximum atomic E-state index is 13.4. The summed E-state index contributed by atoms with van der Waals surface area (Å²) in [6.07, 6.45) is 6.09. The monoisotopic (exact) mass is 514 g/mol. The number of hydrogen-bond acceptors (Lipinski definition) is 4.